The normalized spacial score (nSPS) is 21.6. The Balaban J connectivity index is 1.76. The number of amidine groups is 2. The molecule has 2 heterocycles. The second-order valence-corrected chi connectivity index (χ2v) is 11.5. The number of hydrogen-bond donors (Lipinski definition) is 2. The lowest BCUT2D eigenvalue weighted by atomic mass is 9.84. The highest BCUT2D eigenvalue weighted by atomic mass is 16.5. The number of benzene rings is 2. The van der Waals surface area contributed by atoms with Crippen LogP contribution < -0.4 is 0 Å². The lowest BCUT2D eigenvalue weighted by Crippen LogP contribution is -2.53. The third-order valence-corrected chi connectivity index (χ3v) is 8.49. The molecule has 0 saturated heterocycles. The van der Waals surface area contributed by atoms with Gasteiger partial charge >= 0.3 is 11.7 Å². The summed E-state index contributed by atoms with van der Waals surface area (Å²) in [6, 6.07) is 14.3. The quantitative estimate of drug-likeness (QED) is 0.373. The standard InChI is InChI=1S/C28H34N4O4/c1-25(2)26(3,4)30(34)23(29(25)33)21-14-11-12-19(18-21)16-17-20-13-9-10-15-22(20)24-31(35)27(5,6)28(7,8)32(24)36/h9-15,18,33,35H,1-8H3. The van der Waals surface area contributed by atoms with E-state index in [1.165, 1.54) is 0 Å². The first kappa shape index (κ1) is 25.5. The van der Waals surface area contributed by atoms with Crippen LogP contribution in [0.15, 0.2) is 48.5 Å². The van der Waals surface area contributed by atoms with Gasteiger partial charge in [-0.05, 0) is 85.7 Å². The second-order valence-electron chi connectivity index (χ2n) is 11.5. The molecule has 0 bridgehead atoms. The minimum atomic E-state index is -0.869. The molecular weight excluding hydrogens is 456 g/mol. The Morgan fingerprint density at radius 3 is 1.75 bits per heavy atom. The molecule has 36 heavy (non-hydrogen) atoms. The van der Waals surface area contributed by atoms with Crippen LogP contribution in [0.5, 0.6) is 0 Å². The molecule has 8 nitrogen and oxygen atoms in total. The zero-order valence-electron chi connectivity index (χ0n) is 22.1. The molecule has 4 rings (SSSR count). The van der Waals surface area contributed by atoms with E-state index in [9.17, 15) is 20.8 Å². The predicted octanol–water partition coefficient (Wildman–Crippen LogP) is 4.12. The van der Waals surface area contributed by atoms with Crippen molar-refractivity contribution in [3.05, 3.63) is 81.2 Å². The third-order valence-electron chi connectivity index (χ3n) is 8.49. The third kappa shape index (κ3) is 3.38. The van der Waals surface area contributed by atoms with Gasteiger partial charge in [-0.15, -0.1) is 10.1 Å². The van der Waals surface area contributed by atoms with Gasteiger partial charge in [0.05, 0.1) is 11.1 Å². The maximum atomic E-state index is 13.2. The maximum absolute atomic E-state index is 13.2. The van der Waals surface area contributed by atoms with E-state index in [2.05, 4.69) is 11.8 Å². The molecule has 0 radical (unpaired) electrons. The number of nitrogens with zero attached hydrogens (tertiary/aromatic N) is 4. The van der Waals surface area contributed by atoms with Crippen LogP contribution in [0.2, 0.25) is 0 Å². The Kier molecular flexibility index (Phi) is 5.67. The molecule has 2 aliphatic heterocycles. The van der Waals surface area contributed by atoms with Crippen molar-refractivity contribution in [2.75, 3.05) is 0 Å². The van der Waals surface area contributed by atoms with Crippen molar-refractivity contribution < 1.29 is 19.9 Å². The van der Waals surface area contributed by atoms with Crippen molar-refractivity contribution in [3.8, 4) is 11.8 Å². The zero-order valence-corrected chi connectivity index (χ0v) is 22.1. The van der Waals surface area contributed by atoms with Crippen LogP contribution in [-0.4, -0.2) is 63.8 Å². The number of rotatable bonds is 2. The fourth-order valence-electron chi connectivity index (χ4n) is 4.37. The summed E-state index contributed by atoms with van der Waals surface area (Å²) in [6.45, 7) is 14.5. The Morgan fingerprint density at radius 1 is 0.694 bits per heavy atom. The lowest BCUT2D eigenvalue weighted by Gasteiger charge is -2.33. The van der Waals surface area contributed by atoms with Gasteiger partial charge < -0.3 is 10.4 Å². The molecule has 0 atom stereocenters. The molecule has 0 saturated carbocycles. The fourth-order valence-corrected chi connectivity index (χ4v) is 4.37. The first-order chi connectivity index (χ1) is 16.6. The van der Waals surface area contributed by atoms with Gasteiger partial charge in [-0.3, -0.25) is 9.48 Å². The van der Waals surface area contributed by atoms with E-state index < -0.39 is 22.2 Å². The van der Waals surface area contributed by atoms with Crippen LogP contribution in [-0.2, 0) is 0 Å². The summed E-state index contributed by atoms with van der Waals surface area (Å²) < 4.78 is 1.68. The molecule has 190 valence electrons. The van der Waals surface area contributed by atoms with Crippen molar-refractivity contribution in [1.82, 2.24) is 10.1 Å². The molecule has 8 heteroatoms. The van der Waals surface area contributed by atoms with E-state index in [0.717, 1.165) is 19.6 Å². The summed E-state index contributed by atoms with van der Waals surface area (Å²) in [6.07, 6.45) is 0. The second kappa shape index (κ2) is 7.99. The van der Waals surface area contributed by atoms with Gasteiger partial charge in [0.25, 0.3) is 0 Å². The summed E-state index contributed by atoms with van der Waals surface area (Å²) in [7, 11) is 0. The highest BCUT2D eigenvalue weighted by molar-refractivity contribution is 5.98. The van der Waals surface area contributed by atoms with E-state index in [4.69, 9.17) is 0 Å². The van der Waals surface area contributed by atoms with Crippen molar-refractivity contribution in [2.45, 2.75) is 77.5 Å². The molecule has 2 aromatic rings. The minimum absolute atomic E-state index is 0.146. The first-order valence-corrected chi connectivity index (χ1v) is 12.0. The molecule has 0 aromatic heterocycles. The van der Waals surface area contributed by atoms with Gasteiger partial charge in [-0.2, -0.15) is 0 Å². The molecule has 2 aliphatic rings. The van der Waals surface area contributed by atoms with Gasteiger partial charge in [-0.1, -0.05) is 30.0 Å². The van der Waals surface area contributed by atoms with Gasteiger partial charge in [0.15, 0.2) is 11.1 Å². The van der Waals surface area contributed by atoms with E-state index in [-0.39, 0.29) is 11.7 Å². The highest BCUT2D eigenvalue weighted by Gasteiger charge is 2.60. The van der Waals surface area contributed by atoms with Crippen LogP contribution >= 0.6 is 0 Å². The monoisotopic (exact) mass is 490 g/mol. The minimum Gasteiger partial charge on any atom is -0.714 e. The Labute approximate surface area is 212 Å². The summed E-state index contributed by atoms with van der Waals surface area (Å²) in [5.41, 5.74) is -1.05. The number of hydrogen-bond acceptors (Lipinski definition) is 6. The van der Waals surface area contributed by atoms with Crippen molar-refractivity contribution >= 4 is 11.7 Å². The van der Waals surface area contributed by atoms with Gasteiger partial charge in [0, 0.05) is 11.1 Å². The average Bonchev–Trinajstić information content (AvgIpc) is 3.02. The maximum Gasteiger partial charge on any atom is 0.315 e. The van der Waals surface area contributed by atoms with E-state index in [1.54, 1.807) is 64.1 Å². The average molecular weight is 491 g/mol. The van der Waals surface area contributed by atoms with Crippen LogP contribution in [0, 0.1) is 22.3 Å². The zero-order chi connectivity index (χ0) is 26.8. The summed E-state index contributed by atoms with van der Waals surface area (Å²) in [5.74, 6) is 6.55. The van der Waals surface area contributed by atoms with Gasteiger partial charge in [0.1, 0.15) is 11.1 Å². The van der Waals surface area contributed by atoms with Crippen LogP contribution in [0.1, 0.15) is 77.6 Å². The summed E-state index contributed by atoms with van der Waals surface area (Å²) in [4.78, 5) is 0. The van der Waals surface area contributed by atoms with E-state index in [0.29, 0.717) is 22.3 Å². The van der Waals surface area contributed by atoms with Gasteiger partial charge in [0.2, 0.25) is 0 Å². The first-order valence-electron chi connectivity index (χ1n) is 12.0. The van der Waals surface area contributed by atoms with E-state index >= 15 is 0 Å². The Bertz CT molecular complexity index is 1360. The largest absolute Gasteiger partial charge is 0.714 e. The fraction of sp³-hybridized carbons (Fsp3) is 0.429. The van der Waals surface area contributed by atoms with Crippen LogP contribution in [0.25, 0.3) is 0 Å². The molecule has 2 aromatic carbocycles. The molecule has 0 spiro atoms. The molecule has 0 fully saturated rings. The molecule has 0 aliphatic carbocycles. The van der Waals surface area contributed by atoms with Crippen molar-refractivity contribution in [1.29, 1.82) is 0 Å². The van der Waals surface area contributed by atoms with Gasteiger partial charge in [-0.25, -0.2) is 10.4 Å². The highest BCUT2D eigenvalue weighted by Crippen LogP contribution is 2.38. The lowest BCUT2D eigenvalue weighted by molar-refractivity contribution is -0.539. The topological polar surface area (TPSA) is 99.1 Å². The van der Waals surface area contributed by atoms with Crippen molar-refractivity contribution in [3.63, 3.8) is 0 Å². The van der Waals surface area contributed by atoms with E-state index in [1.807, 2.05) is 39.8 Å². The SMILES string of the molecule is CC1(C)N(O)C(c2cccc(C#Cc3ccccc3C3=[N+]([O-])C(C)(C)C(C)(C)N3O)c2)=[N+]([O-])C1(C)C. The Morgan fingerprint density at radius 2 is 1.22 bits per heavy atom. The molecule has 2 N–H and O–H groups in total. The van der Waals surface area contributed by atoms with Crippen LogP contribution in [0.4, 0.5) is 0 Å². The predicted molar refractivity (Wildman–Crippen MR) is 138 cm³/mol. The Hall–Kier alpha value is -3.54. The molecule has 0 amide bonds. The van der Waals surface area contributed by atoms with Crippen LogP contribution in [0.3, 0.4) is 0 Å². The summed E-state index contributed by atoms with van der Waals surface area (Å²) in [5, 5.41) is 50.1. The summed E-state index contributed by atoms with van der Waals surface area (Å²) >= 11 is 0. The number of hydroxylamine groups is 6. The molecular formula is C28H34N4O4. The van der Waals surface area contributed by atoms with Crippen molar-refractivity contribution in [2.24, 2.45) is 0 Å². The smallest absolute Gasteiger partial charge is 0.315 e. The molecule has 0 unspecified atom stereocenters.